The first kappa shape index (κ1) is 14.0. The van der Waals surface area contributed by atoms with Crippen LogP contribution in [0.5, 0.6) is 5.75 Å². The van der Waals surface area contributed by atoms with Crippen LogP contribution in [0.25, 0.3) is 0 Å². The van der Waals surface area contributed by atoms with Crippen LogP contribution in [0.4, 0.5) is 17.6 Å². The Morgan fingerprint density at radius 1 is 1.29 bits per heavy atom. The van der Waals surface area contributed by atoms with E-state index in [9.17, 15) is 22.4 Å². The van der Waals surface area contributed by atoms with Gasteiger partial charge in [0.15, 0.2) is 5.78 Å². The molecule has 0 saturated carbocycles. The van der Waals surface area contributed by atoms with Crippen molar-refractivity contribution in [1.29, 1.82) is 0 Å². The SMILES string of the molecule is CC(=O)c1cc(OC(F)F)cc(Br)c1C(F)F. The van der Waals surface area contributed by atoms with Crippen LogP contribution in [0.2, 0.25) is 0 Å². The largest absolute Gasteiger partial charge is 0.435 e. The minimum Gasteiger partial charge on any atom is -0.435 e. The summed E-state index contributed by atoms with van der Waals surface area (Å²) in [4.78, 5) is 11.2. The number of halogens is 5. The van der Waals surface area contributed by atoms with Crippen molar-refractivity contribution in [3.8, 4) is 5.75 Å². The monoisotopic (exact) mass is 314 g/mol. The van der Waals surface area contributed by atoms with Crippen LogP contribution < -0.4 is 4.74 Å². The Bertz CT molecular complexity index is 435. The fourth-order valence-corrected chi connectivity index (χ4v) is 1.89. The van der Waals surface area contributed by atoms with Gasteiger partial charge in [0.05, 0.1) is 0 Å². The lowest BCUT2D eigenvalue weighted by Gasteiger charge is -2.12. The summed E-state index contributed by atoms with van der Waals surface area (Å²) in [5.41, 5.74) is -0.871. The van der Waals surface area contributed by atoms with Crippen LogP contribution in [0, 0.1) is 0 Å². The smallest absolute Gasteiger partial charge is 0.387 e. The van der Waals surface area contributed by atoms with Crippen molar-refractivity contribution >= 4 is 21.7 Å². The van der Waals surface area contributed by atoms with Gasteiger partial charge in [-0.1, -0.05) is 15.9 Å². The van der Waals surface area contributed by atoms with Crippen molar-refractivity contribution in [2.75, 3.05) is 0 Å². The second kappa shape index (κ2) is 5.48. The lowest BCUT2D eigenvalue weighted by atomic mass is 10.0. The van der Waals surface area contributed by atoms with Gasteiger partial charge in [-0.3, -0.25) is 4.79 Å². The molecule has 7 heteroatoms. The van der Waals surface area contributed by atoms with Gasteiger partial charge in [0, 0.05) is 15.6 Å². The number of hydrogen-bond donors (Lipinski definition) is 0. The lowest BCUT2D eigenvalue weighted by Crippen LogP contribution is -2.06. The predicted octanol–water partition coefficient (Wildman–Crippen LogP) is 4.19. The number of ether oxygens (including phenoxy) is 1. The van der Waals surface area contributed by atoms with Gasteiger partial charge in [0.2, 0.25) is 0 Å². The highest BCUT2D eigenvalue weighted by Crippen LogP contribution is 2.34. The van der Waals surface area contributed by atoms with Crippen molar-refractivity contribution in [1.82, 2.24) is 0 Å². The molecule has 1 rings (SSSR count). The number of carbonyl (C=O) groups excluding carboxylic acids is 1. The van der Waals surface area contributed by atoms with Crippen LogP contribution in [0.15, 0.2) is 16.6 Å². The van der Waals surface area contributed by atoms with E-state index in [1.54, 1.807) is 0 Å². The summed E-state index contributed by atoms with van der Waals surface area (Å²) in [6.07, 6.45) is -2.89. The van der Waals surface area contributed by atoms with Gasteiger partial charge < -0.3 is 4.74 Å². The molecular weight excluding hydrogens is 308 g/mol. The van der Waals surface area contributed by atoms with Crippen LogP contribution in [-0.2, 0) is 0 Å². The predicted molar refractivity (Wildman–Crippen MR) is 55.7 cm³/mol. The van der Waals surface area contributed by atoms with Gasteiger partial charge in [0.1, 0.15) is 5.75 Å². The molecule has 0 amide bonds. The summed E-state index contributed by atoms with van der Waals surface area (Å²) in [5.74, 6) is -0.998. The molecule has 1 aromatic carbocycles. The van der Waals surface area contributed by atoms with E-state index in [0.29, 0.717) is 0 Å². The maximum Gasteiger partial charge on any atom is 0.387 e. The molecular formula is C10H7BrF4O2. The topological polar surface area (TPSA) is 26.3 Å². The standard InChI is InChI=1S/C10H7BrF4O2/c1-4(16)6-2-5(17-10(14)15)3-7(11)8(6)9(12)13/h2-3,9-10H,1H3. The van der Waals surface area contributed by atoms with Gasteiger partial charge >= 0.3 is 6.61 Å². The molecule has 0 radical (unpaired) electrons. The molecule has 0 unspecified atom stereocenters. The summed E-state index contributed by atoms with van der Waals surface area (Å²) in [7, 11) is 0. The van der Waals surface area contributed by atoms with Crippen LogP contribution in [0.1, 0.15) is 29.3 Å². The zero-order valence-electron chi connectivity index (χ0n) is 8.52. The van der Waals surface area contributed by atoms with E-state index in [1.165, 1.54) is 0 Å². The summed E-state index contributed by atoms with van der Waals surface area (Å²) >= 11 is 2.80. The van der Waals surface area contributed by atoms with Gasteiger partial charge in [0.25, 0.3) is 6.43 Å². The average Bonchev–Trinajstić information content (AvgIpc) is 2.14. The minimum atomic E-state index is -3.08. The Morgan fingerprint density at radius 3 is 2.29 bits per heavy atom. The number of ketones is 1. The van der Waals surface area contributed by atoms with E-state index in [4.69, 9.17) is 0 Å². The van der Waals surface area contributed by atoms with Crippen molar-refractivity contribution in [2.24, 2.45) is 0 Å². The van der Waals surface area contributed by atoms with E-state index in [2.05, 4.69) is 20.7 Å². The molecule has 0 spiro atoms. The fraction of sp³-hybridized carbons (Fsp3) is 0.300. The minimum absolute atomic E-state index is 0.143. The van der Waals surface area contributed by atoms with E-state index < -0.39 is 24.4 Å². The van der Waals surface area contributed by atoms with Gasteiger partial charge in [-0.2, -0.15) is 8.78 Å². The molecule has 17 heavy (non-hydrogen) atoms. The highest BCUT2D eigenvalue weighted by Gasteiger charge is 2.21. The maximum atomic E-state index is 12.7. The zero-order valence-corrected chi connectivity index (χ0v) is 10.1. The maximum absolute atomic E-state index is 12.7. The number of rotatable bonds is 4. The molecule has 0 saturated heterocycles. The van der Waals surface area contributed by atoms with E-state index in [0.717, 1.165) is 19.1 Å². The Balaban J connectivity index is 3.31. The molecule has 2 nitrogen and oxygen atoms in total. The number of alkyl halides is 4. The van der Waals surface area contributed by atoms with E-state index >= 15 is 0 Å². The summed E-state index contributed by atoms with van der Waals surface area (Å²) < 4.78 is 53.2. The Kier molecular flexibility index (Phi) is 4.50. The molecule has 0 aromatic heterocycles. The second-order valence-electron chi connectivity index (χ2n) is 3.10. The highest BCUT2D eigenvalue weighted by atomic mass is 79.9. The van der Waals surface area contributed by atoms with Crippen molar-refractivity contribution < 1.29 is 27.1 Å². The Morgan fingerprint density at radius 2 is 1.88 bits per heavy atom. The fourth-order valence-electron chi connectivity index (χ4n) is 1.28. The first-order valence-electron chi connectivity index (χ1n) is 4.40. The Labute approximate surface area is 103 Å². The third kappa shape index (κ3) is 3.42. The molecule has 0 atom stereocenters. The summed E-state index contributed by atoms with van der Waals surface area (Å²) in [6.45, 7) is -2.01. The van der Waals surface area contributed by atoms with Crippen molar-refractivity contribution in [3.63, 3.8) is 0 Å². The molecule has 0 aliphatic carbocycles. The highest BCUT2D eigenvalue weighted by molar-refractivity contribution is 9.10. The zero-order chi connectivity index (χ0) is 13.2. The van der Waals surface area contributed by atoms with Crippen molar-refractivity contribution in [2.45, 2.75) is 20.0 Å². The third-order valence-corrected chi connectivity index (χ3v) is 2.58. The van der Waals surface area contributed by atoms with Gasteiger partial charge in [-0.25, -0.2) is 8.78 Å². The first-order valence-corrected chi connectivity index (χ1v) is 5.19. The number of Topliss-reactive ketones (excluding diaryl/α,β-unsaturated/α-hetero) is 1. The third-order valence-electron chi connectivity index (χ3n) is 1.93. The van der Waals surface area contributed by atoms with Crippen LogP contribution in [-0.4, -0.2) is 12.4 Å². The van der Waals surface area contributed by atoms with Gasteiger partial charge in [-0.15, -0.1) is 0 Å². The van der Waals surface area contributed by atoms with Gasteiger partial charge in [-0.05, 0) is 19.1 Å². The number of carbonyl (C=O) groups is 1. The first-order chi connectivity index (χ1) is 7.82. The molecule has 0 bridgehead atoms. The number of benzene rings is 1. The quantitative estimate of drug-likeness (QED) is 0.615. The van der Waals surface area contributed by atoms with E-state index in [-0.39, 0.29) is 15.8 Å². The average molecular weight is 315 g/mol. The van der Waals surface area contributed by atoms with E-state index in [1.807, 2.05) is 0 Å². The molecule has 0 heterocycles. The normalized spacial score (nSPS) is 11.1. The molecule has 0 N–H and O–H groups in total. The van der Waals surface area contributed by atoms with Crippen LogP contribution >= 0.6 is 15.9 Å². The van der Waals surface area contributed by atoms with Crippen molar-refractivity contribution in [3.05, 3.63) is 27.7 Å². The van der Waals surface area contributed by atoms with Crippen LogP contribution in [0.3, 0.4) is 0 Å². The molecule has 0 fully saturated rings. The number of hydrogen-bond acceptors (Lipinski definition) is 2. The molecule has 0 aliphatic heterocycles. The Hall–Kier alpha value is -1.11. The summed E-state index contributed by atoms with van der Waals surface area (Å²) in [5, 5.41) is 0. The second-order valence-corrected chi connectivity index (χ2v) is 3.96. The molecule has 1 aromatic rings. The molecule has 0 aliphatic rings. The lowest BCUT2D eigenvalue weighted by molar-refractivity contribution is -0.0499. The molecule has 94 valence electrons. The summed E-state index contributed by atoms with van der Waals surface area (Å²) in [6, 6.07) is 1.85.